The quantitative estimate of drug-likeness (QED) is 0.0746. The van der Waals surface area contributed by atoms with E-state index in [1.807, 2.05) is 31.2 Å². The molecular formula is C37H44O5. The molecule has 0 bridgehead atoms. The third kappa shape index (κ3) is 11.8. The molecule has 0 radical (unpaired) electrons. The number of unbranched alkanes of at least 4 members (excludes halogenated alkanes) is 7. The number of hydrogen-bond acceptors (Lipinski definition) is 5. The van der Waals surface area contributed by atoms with Crippen LogP contribution in [-0.4, -0.2) is 24.6 Å². The summed E-state index contributed by atoms with van der Waals surface area (Å²) in [6, 6.07) is 21.2. The fraction of sp³-hybridized carbons (Fsp3) is 0.405. The SMILES string of the molecule is CCCCCCCOc1ccc(C#Cc2ccc(C(=O)Oc3ccc(C(=O)O[C@H](C)CCCCCC)cc3)cc2)cc1. The number of hydrogen-bond donors (Lipinski definition) is 0. The van der Waals surface area contributed by atoms with Crippen molar-refractivity contribution >= 4 is 11.9 Å². The molecule has 0 fully saturated rings. The minimum absolute atomic E-state index is 0.130. The lowest BCUT2D eigenvalue weighted by Crippen LogP contribution is -2.15. The molecule has 0 amide bonds. The normalized spacial score (nSPS) is 11.2. The van der Waals surface area contributed by atoms with Crippen LogP contribution in [0.15, 0.2) is 72.8 Å². The van der Waals surface area contributed by atoms with E-state index in [1.165, 1.54) is 38.5 Å². The highest BCUT2D eigenvalue weighted by Gasteiger charge is 2.13. The summed E-state index contributed by atoms with van der Waals surface area (Å²) >= 11 is 0. The lowest BCUT2D eigenvalue weighted by atomic mass is 10.1. The van der Waals surface area contributed by atoms with Gasteiger partial charge >= 0.3 is 11.9 Å². The van der Waals surface area contributed by atoms with Gasteiger partial charge < -0.3 is 14.2 Å². The molecule has 0 N–H and O–H groups in total. The van der Waals surface area contributed by atoms with Gasteiger partial charge in [0, 0.05) is 11.1 Å². The molecule has 0 aliphatic rings. The first-order chi connectivity index (χ1) is 20.5. The van der Waals surface area contributed by atoms with E-state index < -0.39 is 5.97 Å². The molecule has 3 aromatic carbocycles. The first-order valence-electron chi connectivity index (χ1n) is 15.4. The van der Waals surface area contributed by atoms with Crippen molar-refractivity contribution in [3.8, 4) is 23.3 Å². The smallest absolute Gasteiger partial charge is 0.343 e. The molecular weight excluding hydrogens is 524 g/mol. The van der Waals surface area contributed by atoms with Crippen LogP contribution in [0.2, 0.25) is 0 Å². The van der Waals surface area contributed by atoms with Crippen molar-refractivity contribution in [2.75, 3.05) is 6.61 Å². The van der Waals surface area contributed by atoms with Crippen LogP contribution in [0, 0.1) is 11.8 Å². The lowest BCUT2D eigenvalue weighted by molar-refractivity contribution is 0.0319. The number of carbonyl (C=O) groups excluding carboxylic acids is 2. The standard InChI is InChI=1S/C37H44O5/c1-4-6-8-10-12-28-40-34-24-18-31(19-25-34)15-14-30-16-20-32(21-17-30)37(39)42-35-26-22-33(23-27-35)36(38)41-29(3)13-11-9-7-5-2/h16-27,29H,4-13,28H2,1-3H3/t29-/m1/s1. The van der Waals surface area contributed by atoms with E-state index in [2.05, 4.69) is 25.7 Å². The Morgan fingerprint density at radius 2 is 1.12 bits per heavy atom. The van der Waals surface area contributed by atoms with E-state index in [0.717, 1.165) is 49.2 Å². The highest BCUT2D eigenvalue weighted by Crippen LogP contribution is 2.17. The largest absolute Gasteiger partial charge is 0.494 e. The zero-order valence-corrected chi connectivity index (χ0v) is 25.3. The summed E-state index contributed by atoms with van der Waals surface area (Å²) in [6.07, 6.45) is 11.4. The second-order valence-electron chi connectivity index (χ2n) is 10.6. The van der Waals surface area contributed by atoms with Gasteiger partial charge in [-0.2, -0.15) is 0 Å². The van der Waals surface area contributed by atoms with Gasteiger partial charge in [0.2, 0.25) is 0 Å². The van der Waals surface area contributed by atoms with Crippen molar-refractivity contribution in [1.29, 1.82) is 0 Å². The molecule has 5 nitrogen and oxygen atoms in total. The van der Waals surface area contributed by atoms with E-state index in [0.29, 0.717) is 16.9 Å². The van der Waals surface area contributed by atoms with E-state index in [1.54, 1.807) is 48.5 Å². The van der Waals surface area contributed by atoms with Gasteiger partial charge in [-0.1, -0.05) is 70.6 Å². The van der Waals surface area contributed by atoms with Crippen LogP contribution in [-0.2, 0) is 4.74 Å². The van der Waals surface area contributed by atoms with Gasteiger partial charge in [-0.15, -0.1) is 0 Å². The first-order valence-corrected chi connectivity index (χ1v) is 15.4. The highest BCUT2D eigenvalue weighted by molar-refractivity contribution is 5.92. The molecule has 0 aliphatic carbocycles. The van der Waals surface area contributed by atoms with Gasteiger partial charge in [0.05, 0.1) is 23.8 Å². The number of benzene rings is 3. The Labute approximate surface area is 251 Å². The Bertz CT molecular complexity index is 1280. The maximum Gasteiger partial charge on any atom is 0.343 e. The molecule has 0 saturated heterocycles. The summed E-state index contributed by atoms with van der Waals surface area (Å²) < 4.78 is 16.8. The Morgan fingerprint density at radius 1 is 0.619 bits per heavy atom. The molecule has 0 heterocycles. The van der Waals surface area contributed by atoms with Crippen molar-refractivity contribution in [2.24, 2.45) is 0 Å². The van der Waals surface area contributed by atoms with Gasteiger partial charge in [0.15, 0.2) is 0 Å². The lowest BCUT2D eigenvalue weighted by Gasteiger charge is -2.13. The fourth-order valence-corrected chi connectivity index (χ4v) is 4.36. The zero-order valence-electron chi connectivity index (χ0n) is 25.3. The van der Waals surface area contributed by atoms with E-state index in [9.17, 15) is 9.59 Å². The summed E-state index contributed by atoms with van der Waals surface area (Å²) in [4.78, 5) is 25.0. The van der Waals surface area contributed by atoms with Crippen LogP contribution in [0.25, 0.3) is 0 Å². The minimum atomic E-state index is -0.480. The molecule has 0 unspecified atom stereocenters. The van der Waals surface area contributed by atoms with Crippen LogP contribution in [0.5, 0.6) is 11.5 Å². The summed E-state index contributed by atoms with van der Waals surface area (Å²) in [5.41, 5.74) is 2.53. The molecule has 0 aliphatic heterocycles. The van der Waals surface area contributed by atoms with Gasteiger partial charge in [-0.3, -0.25) is 0 Å². The molecule has 42 heavy (non-hydrogen) atoms. The molecule has 5 heteroatoms. The Morgan fingerprint density at radius 3 is 1.74 bits per heavy atom. The maximum absolute atomic E-state index is 12.6. The van der Waals surface area contributed by atoms with Crippen molar-refractivity contribution in [3.63, 3.8) is 0 Å². The Hall–Kier alpha value is -4.04. The maximum atomic E-state index is 12.6. The van der Waals surface area contributed by atoms with Crippen molar-refractivity contribution in [3.05, 3.63) is 95.1 Å². The first kappa shape index (κ1) is 32.5. The van der Waals surface area contributed by atoms with Crippen LogP contribution in [0.1, 0.15) is 117 Å². The molecule has 3 rings (SSSR count). The minimum Gasteiger partial charge on any atom is -0.494 e. The van der Waals surface area contributed by atoms with Crippen LogP contribution in [0.4, 0.5) is 0 Å². The zero-order chi connectivity index (χ0) is 30.0. The summed E-state index contributed by atoms with van der Waals surface area (Å²) in [5, 5.41) is 0. The highest BCUT2D eigenvalue weighted by atomic mass is 16.5. The molecule has 0 spiro atoms. The van der Waals surface area contributed by atoms with Crippen molar-refractivity contribution in [1.82, 2.24) is 0 Å². The number of rotatable bonds is 16. The summed E-state index contributed by atoms with van der Waals surface area (Å²) in [5.74, 6) is 6.64. The third-order valence-corrected chi connectivity index (χ3v) is 6.92. The number of esters is 2. The second-order valence-corrected chi connectivity index (χ2v) is 10.6. The number of carbonyl (C=O) groups is 2. The molecule has 0 aromatic heterocycles. The van der Waals surface area contributed by atoms with E-state index >= 15 is 0 Å². The monoisotopic (exact) mass is 568 g/mol. The van der Waals surface area contributed by atoms with Crippen LogP contribution >= 0.6 is 0 Å². The third-order valence-electron chi connectivity index (χ3n) is 6.92. The Balaban J connectivity index is 1.45. The fourth-order valence-electron chi connectivity index (χ4n) is 4.36. The van der Waals surface area contributed by atoms with Crippen molar-refractivity contribution < 1.29 is 23.8 Å². The predicted octanol–water partition coefficient (Wildman–Crippen LogP) is 9.17. The topological polar surface area (TPSA) is 61.8 Å². The molecule has 0 saturated carbocycles. The summed E-state index contributed by atoms with van der Waals surface area (Å²) in [6.45, 7) is 7.04. The Kier molecular flexibility index (Phi) is 14.2. The molecule has 3 aromatic rings. The molecule has 222 valence electrons. The van der Waals surface area contributed by atoms with E-state index in [-0.39, 0.29) is 12.1 Å². The van der Waals surface area contributed by atoms with Crippen LogP contribution < -0.4 is 9.47 Å². The number of ether oxygens (including phenoxy) is 3. The second kappa shape index (κ2) is 18.4. The average molecular weight is 569 g/mol. The van der Waals surface area contributed by atoms with Crippen LogP contribution in [0.3, 0.4) is 0 Å². The van der Waals surface area contributed by atoms with Gasteiger partial charge in [0.25, 0.3) is 0 Å². The average Bonchev–Trinajstić information content (AvgIpc) is 3.01. The summed E-state index contributed by atoms with van der Waals surface area (Å²) in [7, 11) is 0. The van der Waals surface area contributed by atoms with Gasteiger partial charge in [-0.05, 0) is 99.0 Å². The predicted molar refractivity (Wildman–Crippen MR) is 168 cm³/mol. The van der Waals surface area contributed by atoms with Gasteiger partial charge in [-0.25, -0.2) is 9.59 Å². The van der Waals surface area contributed by atoms with E-state index in [4.69, 9.17) is 14.2 Å². The van der Waals surface area contributed by atoms with Crippen molar-refractivity contribution in [2.45, 2.75) is 91.1 Å². The molecule has 1 atom stereocenters. The van der Waals surface area contributed by atoms with Gasteiger partial charge in [0.1, 0.15) is 11.5 Å².